The maximum Gasteiger partial charge on any atom is 0.306 e. The van der Waals surface area contributed by atoms with E-state index in [2.05, 4.69) is 17.4 Å². The third kappa shape index (κ3) is 8.40. The van der Waals surface area contributed by atoms with E-state index >= 15 is 0 Å². The van der Waals surface area contributed by atoms with E-state index in [-0.39, 0.29) is 11.8 Å². The van der Waals surface area contributed by atoms with Gasteiger partial charge in [-0.1, -0.05) is 25.1 Å². The highest BCUT2D eigenvalue weighted by molar-refractivity contribution is 7.99. The van der Waals surface area contributed by atoms with Gasteiger partial charge in [-0.05, 0) is 37.1 Å². The van der Waals surface area contributed by atoms with Gasteiger partial charge in [0.2, 0.25) is 5.91 Å². The number of carbonyl (C=O) groups excluding carboxylic acids is 1. The number of hydrogen-bond acceptors (Lipinski definition) is 3. The molecule has 0 heterocycles. The fourth-order valence-corrected chi connectivity index (χ4v) is 2.66. The van der Waals surface area contributed by atoms with Crippen molar-refractivity contribution >= 4 is 23.6 Å². The van der Waals surface area contributed by atoms with E-state index < -0.39 is 5.97 Å². The van der Waals surface area contributed by atoms with Gasteiger partial charge in [0.25, 0.3) is 0 Å². The molecule has 0 aliphatic rings. The first kappa shape index (κ1) is 17.6. The number of carboxylic acid groups (broad SMARTS) is 1. The van der Waals surface area contributed by atoms with E-state index in [4.69, 9.17) is 5.11 Å². The van der Waals surface area contributed by atoms with Crippen LogP contribution in [0, 0.1) is 5.92 Å². The van der Waals surface area contributed by atoms with Crippen LogP contribution in [-0.4, -0.2) is 29.3 Å². The summed E-state index contributed by atoms with van der Waals surface area (Å²) in [6.07, 6.45) is 2.67. The van der Waals surface area contributed by atoms with Crippen LogP contribution in [0.3, 0.4) is 0 Å². The van der Waals surface area contributed by atoms with Gasteiger partial charge in [-0.15, -0.1) is 11.8 Å². The highest BCUT2D eigenvalue weighted by Crippen LogP contribution is 2.18. The summed E-state index contributed by atoms with van der Waals surface area (Å²) >= 11 is 1.75. The number of aliphatic carboxylic acids is 1. The van der Waals surface area contributed by atoms with Gasteiger partial charge >= 0.3 is 5.97 Å². The van der Waals surface area contributed by atoms with Gasteiger partial charge in [-0.25, -0.2) is 0 Å². The molecule has 0 radical (unpaired) electrons. The van der Waals surface area contributed by atoms with Crippen molar-refractivity contribution in [3.05, 3.63) is 30.3 Å². The second-order valence-corrected chi connectivity index (χ2v) is 6.16. The molecule has 1 rings (SSSR count). The van der Waals surface area contributed by atoms with Crippen LogP contribution in [0.1, 0.15) is 32.6 Å². The van der Waals surface area contributed by atoms with Crippen LogP contribution < -0.4 is 5.32 Å². The van der Waals surface area contributed by atoms with Crippen LogP contribution in [0.25, 0.3) is 0 Å². The second-order valence-electron chi connectivity index (χ2n) is 5.00. The van der Waals surface area contributed by atoms with Crippen molar-refractivity contribution in [2.24, 2.45) is 5.92 Å². The lowest BCUT2D eigenvalue weighted by atomic mass is 10.1. The molecule has 1 aromatic rings. The molecule has 4 nitrogen and oxygen atoms in total. The van der Waals surface area contributed by atoms with E-state index in [1.165, 1.54) is 4.90 Å². The molecule has 0 aliphatic heterocycles. The van der Waals surface area contributed by atoms with Crippen molar-refractivity contribution in [3.8, 4) is 0 Å². The van der Waals surface area contributed by atoms with E-state index in [9.17, 15) is 9.59 Å². The third-order valence-corrected chi connectivity index (χ3v) is 4.22. The molecule has 1 amide bonds. The largest absolute Gasteiger partial charge is 0.481 e. The molecule has 0 saturated carbocycles. The van der Waals surface area contributed by atoms with Crippen molar-refractivity contribution in [2.45, 2.75) is 37.5 Å². The maximum atomic E-state index is 11.6. The van der Waals surface area contributed by atoms with Gasteiger partial charge in [0.05, 0.1) is 5.92 Å². The summed E-state index contributed by atoms with van der Waals surface area (Å²) in [7, 11) is 0. The van der Waals surface area contributed by atoms with E-state index in [1.54, 1.807) is 18.7 Å². The number of rotatable bonds is 10. The van der Waals surface area contributed by atoms with Crippen molar-refractivity contribution in [3.63, 3.8) is 0 Å². The maximum absolute atomic E-state index is 11.6. The summed E-state index contributed by atoms with van der Waals surface area (Å²) in [4.78, 5) is 23.4. The minimum absolute atomic E-state index is 0.0478. The van der Waals surface area contributed by atoms with Gasteiger partial charge in [0, 0.05) is 17.9 Å². The average Bonchev–Trinajstić information content (AvgIpc) is 2.49. The lowest BCUT2D eigenvalue weighted by Gasteiger charge is -2.07. The molecule has 116 valence electrons. The van der Waals surface area contributed by atoms with Gasteiger partial charge in [-0.2, -0.15) is 0 Å². The molecule has 0 spiro atoms. The Hall–Kier alpha value is -1.49. The molecule has 2 N–H and O–H groups in total. The van der Waals surface area contributed by atoms with Crippen molar-refractivity contribution in [1.82, 2.24) is 5.32 Å². The number of carboxylic acids is 1. The molecule has 1 unspecified atom stereocenters. The Bertz CT molecular complexity index is 436. The van der Waals surface area contributed by atoms with Gasteiger partial charge < -0.3 is 10.4 Å². The zero-order valence-corrected chi connectivity index (χ0v) is 13.2. The number of thioether (sulfide) groups is 1. The topological polar surface area (TPSA) is 66.4 Å². The molecule has 1 atom stereocenters. The summed E-state index contributed by atoms with van der Waals surface area (Å²) in [5, 5.41) is 11.6. The van der Waals surface area contributed by atoms with Crippen molar-refractivity contribution < 1.29 is 14.7 Å². The monoisotopic (exact) mass is 309 g/mol. The Morgan fingerprint density at radius 1 is 1.24 bits per heavy atom. The number of carbonyl (C=O) groups is 2. The molecule has 0 bridgehead atoms. The average molecular weight is 309 g/mol. The van der Waals surface area contributed by atoms with Gasteiger partial charge in [0.15, 0.2) is 0 Å². The third-order valence-electron chi connectivity index (χ3n) is 3.12. The highest BCUT2D eigenvalue weighted by Gasteiger charge is 2.10. The number of nitrogens with one attached hydrogen (secondary N) is 1. The summed E-state index contributed by atoms with van der Waals surface area (Å²) in [5.74, 6) is -0.150. The number of hydrogen-bond donors (Lipinski definition) is 2. The quantitative estimate of drug-likeness (QED) is 0.514. The summed E-state index contributed by atoms with van der Waals surface area (Å²) in [6.45, 7) is 2.24. The molecular formula is C16H23NO3S. The minimum atomic E-state index is -0.778. The molecule has 21 heavy (non-hydrogen) atoms. The van der Waals surface area contributed by atoms with E-state index in [0.29, 0.717) is 25.8 Å². The molecule has 0 fully saturated rings. The highest BCUT2D eigenvalue weighted by atomic mass is 32.2. The van der Waals surface area contributed by atoms with Crippen LogP contribution in [0.5, 0.6) is 0 Å². The normalized spacial score (nSPS) is 11.9. The van der Waals surface area contributed by atoms with Crippen LogP contribution in [0.15, 0.2) is 35.2 Å². The lowest BCUT2D eigenvalue weighted by Crippen LogP contribution is -2.25. The molecule has 0 aromatic heterocycles. The zero-order chi connectivity index (χ0) is 15.5. The zero-order valence-electron chi connectivity index (χ0n) is 12.4. The Morgan fingerprint density at radius 2 is 1.95 bits per heavy atom. The van der Waals surface area contributed by atoms with E-state index in [0.717, 1.165) is 12.2 Å². The van der Waals surface area contributed by atoms with Gasteiger partial charge in [-0.3, -0.25) is 9.59 Å². The Morgan fingerprint density at radius 3 is 2.62 bits per heavy atom. The first-order valence-electron chi connectivity index (χ1n) is 7.27. The standard InChI is InChI=1S/C16H23NO3S/c1-13(16(19)20)7-5-11-17-15(18)10-6-12-21-14-8-3-2-4-9-14/h2-4,8-9,13H,5-7,10-12H2,1H3,(H,17,18)(H,19,20). The van der Waals surface area contributed by atoms with Gasteiger partial charge in [0.1, 0.15) is 0 Å². The molecule has 1 aromatic carbocycles. The number of amides is 1. The Labute approximate surface area is 130 Å². The minimum Gasteiger partial charge on any atom is -0.481 e. The van der Waals surface area contributed by atoms with E-state index in [1.807, 2.05) is 18.2 Å². The fraction of sp³-hybridized carbons (Fsp3) is 0.500. The lowest BCUT2D eigenvalue weighted by molar-refractivity contribution is -0.141. The second kappa shape index (κ2) is 10.3. The summed E-state index contributed by atoms with van der Waals surface area (Å²) in [6, 6.07) is 10.1. The van der Waals surface area contributed by atoms with Crippen LogP contribution in [0.4, 0.5) is 0 Å². The first-order chi connectivity index (χ1) is 10.1. The smallest absolute Gasteiger partial charge is 0.306 e. The predicted octanol–water partition coefficient (Wildman–Crippen LogP) is 3.18. The first-order valence-corrected chi connectivity index (χ1v) is 8.25. The number of benzene rings is 1. The van der Waals surface area contributed by atoms with Crippen LogP contribution in [-0.2, 0) is 9.59 Å². The Balaban J connectivity index is 2.00. The molecule has 0 saturated heterocycles. The van der Waals surface area contributed by atoms with Crippen LogP contribution >= 0.6 is 11.8 Å². The molecule has 0 aliphatic carbocycles. The SMILES string of the molecule is CC(CCCNC(=O)CCCSc1ccccc1)C(=O)O. The fourth-order valence-electron chi connectivity index (χ4n) is 1.79. The Kier molecular flexibility index (Phi) is 8.59. The van der Waals surface area contributed by atoms with Crippen LogP contribution in [0.2, 0.25) is 0 Å². The van der Waals surface area contributed by atoms with Crippen molar-refractivity contribution in [2.75, 3.05) is 12.3 Å². The summed E-state index contributed by atoms with van der Waals surface area (Å²) in [5.41, 5.74) is 0. The van der Waals surface area contributed by atoms with Crippen molar-refractivity contribution in [1.29, 1.82) is 0 Å². The summed E-state index contributed by atoms with van der Waals surface area (Å²) < 4.78 is 0. The molecule has 5 heteroatoms. The molecular weight excluding hydrogens is 286 g/mol. The predicted molar refractivity (Wildman–Crippen MR) is 85.4 cm³/mol.